The smallest absolute Gasteiger partial charge is 0.350 e. The molecule has 3 fully saturated rings. The minimum atomic E-state index is -2.57. The largest absolute Gasteiger partial charge is 0.455 e. The number of amides is 7. The fourth-order valence-corrected chi connectivity index (χ4v) is 14.4. The first kappa shape index (κ1) is 76.8. The molecule has 0 radical (unpaired) electrons. The number of benzene rings is 3. The summed E-state index contributed by atoms with van der Waals surface area (Å²) in [6, 6.07) is 21.8. The van der Waals surface area contributed by atoms with Crippen molar-refractivity contribution in [3.63, 3.8) is 0 Å². The number of carbonyl (C=O) groups is 13. The van der Waals surface area contributed by atoms with E-state index in [0.717, 1.165) is 18.7 Å². The van der Waals surface area contributed by atoms with Crippen molar-refractivity contribution in [2.75, 3.05) is 13.2 Å². The van der Waals surface area contributed by atoms with Gasteiger partial charge in [-0.2, -0.15) is 0 Å². The maximum Gasteiger partial charge on any atom is 0.350 e. The van der Waals surface area contributed by atoms with Crippen molar-refractivity contribution >= 4 is 94.4 Å². The second-order valence-electron chi connectivity index (χ2n) is 26.3. The van der Waals surface area contributed by atoms with Crippen LogP contribution in [0.15, 0.2) is 126 Å². The van der Waals surface area contributed by atoms with Gasteiger partial charge in [-0.05, 0) is 105 Å². The molecule has 7 amide bonds. The van der Waals surface area contributed by atoms with Gasteiger partial charge in [-0.3, -0.25) is 52.7 Å². The highest BCUT2D eigenvalue weighted by molar-refractivity contribution is 7.10. The highest BCUT2D eigenvalue weighted by Crippen LogP contribution is 2.64. The molecule has 2 bridgehead atoms. The molecule has 540 valence electrons. The van der Waals surface area contributed by atoms with E-state index >= 15 is 9.59 Å². The number of nitrogens with two attached hydrogens (primary N) is 2. The molecule has 2 saturated carbocycles. The Kier molecular flexibility index (Phi) is 25.1. The molecule has 3 aromatic carbocycles. The molecule has 3 aliphatic carbocycles. The summed E-state index contributed by atoms with van der Waals surface area (Å²) in [7, 11) is 0. The molecule has 0 spiro atoms. The van der Waals surface area contributed by atoms with Crippen LogP contribution in [0.1, 0.15) is 143 Å². The Morgan fingerprint density at radius 3 is 1.96 bits per heavy atom. The van der Waals surface area contributed by atoms with Gasteiger partial charge in [0.15, 0.2) is 17.5 Å². The summed E-state index contributed by atoms with van der Waals surface area (Å²) in [5.74, 6) is -13.2. The Morgan fingerprint density at radius 2 is 1.37 bits per heavy atom. The van der Waals surface area contributed by atoms with Crippen LogP contribution >= 0.6 is 11.3 Å². The molecule has 14 atom stereocenters. The Bertz CT molecular complexity index is 3830. The van der Waals surface area contributed by atoms with Gasteiger partial charge in [0, 0.05) is 68.0 Å². The summed E-state index contributed by atoms with van der Waals surface area (Å²) in [6.07, 6.45) is -10.1. The lowest BCUT2D eigenvalue weighted by Gasteiger charge is -2.67. The third kappa shape index (κ3) is 17.6. The lowest BCUT2D eigenvalue weighted by atomic mass is 9.44. The van der Waals surface area contributed by atoms with Gasteiger partial charge in [0.2, 0.25) is 41.5 Å². The number of fused-ring (bicyclic) bond motifs is 5. The Morgan fingerprint density at radius 1 is 0.733 bits per heavy atom. The van der Waals surface area contributed by atoms with Crippen LogP contribution in [-0.4, -0.2) is 166 Å². The molecule has 4 aliphatic rings. The van der Waals surface area contributed by atoms with E-state index in [2.05, 4.69) is 26.6 Å². The molecule has 2 unspecified atom stereocenters. The van der Waals surface area contributed by atoms with Gasteiger partial charge < -0.3 is 76.7 Å². The highest BCUT2D eigenvalue weighted by Gasteiger charge is 2.78. The molecule has 28 nitrogen and oxygen atoms in total. The van der Waals surface area contributed by atoms with Crippen molar-refractivity contribution in [3.8, 4) is 0 Å². The number of nitrogens with one attached hydrogen (secondary N) is 5. The number of carbonyl (C=O) groups excluding carboxylic acids is 13. The molecular weight excluding hydrogens is 1330 g/mol. The third-order valence-electron chi connectivity index (χ3n) is 19.2. The zero-order valence-corrected chi connectivity index (χ0v) is 57.7. The van der Waals surface area contributed by atoms with Gasteiger partial charge in [0.25, 0.3) is 5.91 Å². The third-order valence-corrected chi connectivity index (χ3v) is 20.0. The average molecular weight is 1420 g/mol. The lowest BCUT2D eigenvalue weighted by molar-refractivity contribution is -0.346. The fraction of sp³-hybridized carbons (Fsp3) is 0.458. The first-order valence-electron chi connectivity index (χ1n) is 33.0. The van der Waals surface area contributed by atoms with Crippen molar-refractivity contribution in [2.45, 2.75) is 178 Å². The standard InChI is InChI=1S/C72H85N7O21S/c1-39-49(37-72(94)62(99-67(92)45-24-15-10-16-25-45)60-70(7,50(82)36-51-71(60,38-95-51)100-42(4)81)61(87)58(96-41(3)80)56(39)69(72,5)6)97-68(93)59(57(43-20-11-8-12-21-43)79-66(91)44-22-13-9-14-23-44)98-55(86)33-32-52(83)75-34-18-17-27-47(63(73)88)77-54(85)31-29-48(64(74)89)78-65(90)40(2)76-53(84)30-28-46-26-19-35-101-46/h8-16,19-26,28,30,35,40,47-51,57-60,62,82,94H,17-18,27,29,31-34,36-38H2,1-7H3,(H2,73,88)(H2,74,89)(H,75,83)(H,76,84)(H,77,85)(H,78,90)(H,79,91)/b30-28+/t40?,47?,48-,49-,50-,51+,57-,58+,59+,60-,62-,70+,71-,72+/m0/s1. The van der Waals surface area contributed by atoms with Crippen LogP contribution in [0.4, 0.5) is 0 Å². The van der Waals surface area contributed by atoms with Crippen LogP contribution in [0.2, 0.25) is 0 Å². The van der Waals surface area contributed by atoms with E-state index in [1.807, 2.05) is 5.38 Å². The molecule has 11 N–H and O–H groups in total. The van der Waals surface area contributed by atoms with Crippen molar-refractivity contribution < 1.29 is 101 Å². The van der Waals surface area contributed by atoms with Gasteiger partial charge in [-0.15, -0.1) is 11.3 Å². The number of aliphatic hydroxyl groups is 2. The zero-order valence-electron chi connectivity index (χ0n) is 56.9. The van der Waals surface area contributed by atoms with Crippen molar-refractivity contribution in [2.24, 2.45) is 28.2 Å². The number of ketones is 1. The Balaban J connectivity index is 0.995. The SMILES string of the molecule is CC(=O)O[C@H]1C(=O)[C@@]2(C)[C@H]([C@H](OC(=O)c3ccccc3)[C@]3(O)C[C@H](OC(=O)[C@H](OC(=O)CCC(=O)NCCCCC(NC(=O)CC[C@H](NC(=O)C(C)NC(=O)/C=C/c4cccs4)C(N)=O)C(N)=O)[C@@H](NC(=O)c4ccccc4)c4ccccc4)C(C)=C1C3(C)C)[C@]1(OC(C)=O)CO[C@@H]1C[C@@H]2O. The van der Waals surface area contributed by atoms with Crippen LogP contribution in [0.25, 0.3) is 6.08 Å². The zero-order chi connectivity index (χ0) is 73.7. The van der Waals surface area contributed by atoms with Crippen LogP contribution in [-0.2, 0) is 81.2 Å². The number of esters is 5. The summed E-state index contributed by atoms with van der Waals surface area (Å²) in [4.78, 5) is 178. The van der Waals surface area contributed by atoms with Crippen molar-refractivity contribution in [1.82, 2.24) is 26.6 Å². The average Bonchev–Trinajstić information content (AvgIpc) is 0.749. The van der Waals surface area contributed by atoms with E-state index in [9.17, 15) is 63.0 Å². The van der Waals surface area contributed by atoms with Crippen molar-refractivity contribution in [3.05, 3.63) is 147 Å². The van der Waals surface area contributed by atoms with Crippen LogP contribution in [0, 0.1) is 16.7 Å². The first-order valence-corrected chi connectivity index (χ1v) is 33.9. The van der Waals surface area contributed by atoms with E-state index in [1.165, 1.54) is 88.4 Å². The molecule has 29 heteroatoms. The van der Waals surface area contributed by atoms with Gasteiger partial charge in [-0.1, -0.05) is 86.6 Å². The first-order chi connectivity index (χ1) is 47.8. The summed E-state index contributed by atoms with van der Waals surface area (Å²) >= 11 is 1.40. The van der Waals surface area contributed by atoms with E-state index in [-0.39, 0.29) is 72.9 Å². The fourth-order valence-electron chi connectivity index (χ4n) is 13.8. The molecule has 1 saturated heterocycles. The maximum atomic E-state index is 15.9. The molecule has 1 aliphatic heterocycles. The lowest BCUT2D eigenvalue weighted by Crippen LogP contribution is -2.82. The molecule has 8 rings (SSSR count). The second-order valence-corrected chi connectivity index (χ2v) is 27.2. The molecule has 101 heavy (non-hydrogen) atoms. The van der Waals surface area contributed by atoms with Crippen LogP contribution in [0.3, 0.4) is 0 Å². The van der Waals surface area contributed by atoms with Crippen LogP contribution in [0.5, 0.6) is 0 Å². The predicted molar refractivity (Wildman–Crippen MR) is 360 cm³/mol. The number of thiophene rings is 1. The predicted octanol–water partition coefficient (Wildman–Crippen LogP) is 3.35. The minimum Gasteiger partial charge on any atom is -0.455 e. The number of hydrogen-bond acceptors (Lipinski definition) is 22. The minimum absolute atomic E-state index is 0.00291. The summed E-state index contributed by atoms with van der Waals surface area (Å²) in [5.41, 5.74) is 2.91. The Labute approximate surface area is 586 Å². The van der Waals surface area contributed by atoms with E-state index in [1.54, 1.807) is 72.8 Å². The van der Waals surface area contributed by atoms with E-state index < -0.39 is 192 Å². The van der Waals surface area contributed by atoms with Gasteiger partial charge in [0.05, 0.1) is 36.0 Å². The molecule has 2 heterocycles. The summed E-state index contributed by atoms with van der Waals surface area (Å²) in [6.45, 7) is 8.94. The highest BCUT2D eigenvalue weighted by atomic mass is 32.1. The number of unbranched alkanes of at least 4 members (excludes halogenated alkanes) is 1. The Hall–Kier alpha value is -9.97. The number of primary amides is 2. The van der Waals surface area contributed by atoms with Crippen LogP contribution < -0.4 is 38.1 Å². The van der Waals surface area contributed by atoms with Gasteiger partial charge in [0.1, 0.15) is 48.1 Å². The van der Waals surface area contributed by atoms with E-state index in [0.29, 0.717) is 0 Å². The normalized spacial score (nSPS) is 24.7. The van der Waals surface area contributed by atoms with Gasteiger partial charge >= 0.3 is 29.8 Å². The summed E-state index contributed by atoms with van der Waals surface area (Å²) < 4.78 is 37.0. The quantitative estimate of drug-likeness (QED) is 0.0119. The molecule has 1 aromatic heterocycles. The monoisotopic (exact) mass is 1420 g/mol. The molecule has 4 aromatic rings. The molecular formula is C72H85N7O21S. The maximum absolute atomic E-state index is 15.9. The topological polar surface area (TPSA) is 430 Å². The number of Topliss-reactive ketones (excluding diaryl/α,β-unsaturated/α-hetero) is 1. The second kappa shape index (κ2) is 33.0. The van der Waals surface area contributed by atoms with Crippen molar-refractivity contribution in [1.29, 1.82) is 0 Å². The van der Waals surface area contributed by atoms with E-state index in [4.69, 9.17) is 39.9 Å². The number of aliphatic hydroxyl groups excluding tert-OH is 1. The van der Waals surface area contributed by atoms with Gasteiger partial charge in [-0.25, -0.2) is 9.59 Å². The summed E-state index contributed by atoms with van der Waals surface area (Å²) in [5, 5.41) is 41.1. The number of rotatable bonds is 30. The number of hydrogen-bond donors (Lipinski definition) is 9. The number of ether oxygens (including phenoxy) is 6.